The van der Waals surface area contributed by atoms with Crippen molar-refractivity contribution in [3.05, 3.63) is 71.8 Å². The molecule has 0 atom stereocenters. The van der Waals surface area contributed by atoms with Gasteiger partial charge in [0, 0.05) is 12.1 Å². The highest BCUT2D eigenvalue weighted by atomic mass is 32.1. The summed E-state index contributed by atoms with van der Waals surface area (Å²) in [5.41, 5.74) is 3.98. The van der Waals surface area contributed by atoms with Gasteiger partial charge in [-0.25, -0.2) is 0 Å². The molecule has 0 spiro atoms. The first-order chi connectivity index (χ1) is 14.2. The van der Waals surface area contributed by atoms with Crippen molar-refractivity contribution < 1.29 is 13.8 Å². The summed E-state index contributed by atoms with van der Waals surface area (Å²) >= 11 is 3.77. The molecule has 4 rings (SSSR count). The van der Waals surface area contributed by atoms with E-state index in [0.717, 1.165) is 35.6 Å². The van der Waals surface area contributed by atoms with Gasteiger partial charge in [0.15, 0.2) is 0 Å². The van der Waals surface area contributed by atoms with Gasteiger partial charge in [0.25, 0.3) is 0 Å². The van der Waals surface area contributed by atoms with E-state index in [9.17, 15) is 4.79 Å². The largest absolute Gasteiger partial charge is 0.488 e. The second-order valence-electron chi connectivity index (χ2n) is 7.03. The van der Waals surface area contributed by atoms with Crippen LogP contribution in [0.4, 0.5) is 5.69 Å². The molecule has 0 saturated carbocycles. The molecule has 1 N–H and O–H groups in total. The summed E-state index contributed by atoms with van der Waals surface area (Å²) in [4.78, 5) is 11.5. The van der Waals surface area contributed by atoms with Crippen molar-refractivity contribution >= 4 is 41.0 Å². The van der Waals surface area contributed by atoms with Crippen LogP contribution in [0.3, 0.4) is 0 Å². The number of benzene rings is 3. The zero-order chi connectivity index (χ0) is 20.1. The molecule has 1 amide bonds. The molecule has 0 aromatic heterocycles. The highest BCUT2D eigenvalue weighted by molar-refractivity contribution is 7.75. The standard InChI is InChI=1S/C23H22N2O3S/c26-23-13-9-18-14-20(11-12-22(18)24-23)27-15-19(25-28-29)10-8-17-6-3-5-16-4-1-2-7-21(16)17/h1-7,11-12,14,29H,8-10,13,15H2,(H,24,26). The second-order valence-corrected chi connectivity index (χ2v) is 7.20. The highest BCUT2D eigenvalue weighted by Crippen LogP contribution is 2.27. The van der Waals surface area contributed by atoms with Crippen LogP contribution in [0.5, 0.6) is 5.75 Å². The van der Waals surface area contributed by atoms with Crippen molar-refractivity contribution in [2.75, 3.05) is 11.9 Å². The number of aryl methyl sites for hydroxylation is 2. The maximum absolute atomic E-state index is 11.5. The van der Waals surface area contributed by atoms with Crippen LogP contribution in [0, 0.1) is 0 Å². The molecule has 0 aliphatic carbocycles. The summed E-state index contributed by atoms with van der Waals surface area (Å²) in [6.45, 7) is 0.316. The van der Waals surface area contributed by atoms with Crippen LogP contribution in [0.15, 0.2) is 65.8 Å². The smallest absolute Gasteiger partial charge is 0.224 e. The number of nitrogens with one attached hydrogen (secondary N) is 1. The normalized spacial score (nSPS) is 13.7. The maximum Gasteiger partial charge on any atom is 0.224 e. The molecule has 1 aliphatic rings. The third-order valence-electron chi connectivity index (χ3n) is 5.11. The lowest BCUT2D eigenvalue weighted by atomic mass is 10.00. The van der Waals surface area contributed by atoms with Gasteiger partial charge in [-0.3, -0.25) is 4.79 Å². The number of carbonyl (C=O) groups is 1. The Kier molecular flexibility index (Phi) is 6.00. The molecule has 3 aromatic carbocycles. The van der Waals surface area contributed by atoms with Crippen molar-refractivity contribution in [1.29, 1.82) is 0 Å². The van der Waals surface area contributed by atoms with Crippen molar-refractivity contribution in [2.24, 2.45) is 5.16 Å². The molecule has 1 heterocycles. The molecule has 6 heteroatoms. The van der Waals surface area contributed by atoms with Crippen LogP contribution in [-0.4, -0.2) is 18.2 Å². The van der Waals surface area contributed by atoms with Gasteiger partial charge >= 0.3 is 0 Å². The predicted molar refractivity (Wildman–Crippen MR) is 119 cm³/mol. The third-order valence-corrected chi connectivity index (χ3v) is 5.19. The summed E-state index contributed by atoms with van der Waals surface area (Å²) < 4.78 is 10.7. The van der Waals surface area contributed by atoms with Gasteiger partial charge in [0.2, 0.25) is 5.91 Å². The number of anilines is 1. The van der Waals surface area contributed by atoms with Gasteiger partial charge in [-0.1, -0.05) is 47.6 Å². The van der Waals surface area contributed by atoms with Gasteiger partial charge in [0.05, 0.1) is 18.6 Å². The molecule has 1 aliphatic heterocycles. The summed E-state index contributed by atoms with van der Waals surface area (Å²) in [6.07, 6.45) is 2.76. The van der Waals surface area contributed by atoms with Crippen molar-refractivity contribution in [1.82, 2.24) is 0 Å². The minimum Gasteiger partial charge on any atom is -0.488 e. The second kappa shape index (κ2) is 9.01. The lowest BCUT2D eigenvalue weighted by Crippen LogP contribution is -2.19. The summed E-state index contributed by atoms with van der Waals surface area (Å²) in [7, 11) is 0. The molecule has 0 saturated heterocycles. The highest BCUT2D eigenvalue weighted by Gasteiger charge is 2.15. The fourth-order valence-corrected chi connectivity index (χ4v) is 3.72. The van der Waals surface area contributed by atoms with E-state index < -0.39 is 0 Å². The molecule has 148 valence electrons. The fraction of sp³-hybridized carbons (Fsp3) is 0.217. The molecule has 3 aromatic rings. The van der Waals surface area contributed by atoms with E-state index in [0.29, 0.717) is 19.4 Å². The number of rotatable bonds is 7. The quantitative estimate of drug-likeness (QED) is 0.252. The van der Waals surface area contributed by atoms with Crippen molar-refractivity contribution in [3.63, 3.8) is 0 Å². The van der Waals surface area contributed by atoms with Crippen LogP contribution in [0.1, 0.15) is 24.0 Å². The van der Waals surface area contributed by atoms with E-state index in [1.807, 2.05) is 24.3 Å². The van der Waals surface area contributed by atoms with E-state index in [1.54, 1.807) is 0 Å². The number of carbonyl (C=O) groups excluding carboxylic acids is 1. The molecular formula is C23H22N2O3S. The lowest BCUT2D eigenvalue weighted by molar-refractivity contribution is -0.116. The Hall–Kier alpha value is -2.99. The van der Waals surface area contributed by atoms with E-state index >= 15 is 0 Å². The average Bonchev–Trinajstić information content (AvgIpc) is 2.75. The number of nitrogens with zero attached hydrogens (tertiary/aromatic N) is 1. The number of fused-ring (bicyclic) bond motifs is 2. The van der Waals surface area contributed by atoms with Crippen LogP contribution in [0.25, 0.3) is 10.8 Å². The van der Waals surface area contributed by atoms with Crippen LogP contribution in [-0.2, 0) is 21.9 Å². The molecule has 5 nitrogen and oxygen atoms in total. The molecule has 0 unspecified atom stereocenters. The van der Waals surface area contributed by atoms with E-state index in [-0.39, 0.29) is 5.91 Å². The number of ether oxygens (including phenoxy) is 1. The van der Waals surface area contributed by atoms with Gasteiger partial charge in [-0.05, 0) is 59.4 Å². The van der Waals surface area contributed by atoms with Crippen molar-refractivity contribution in [3.8, 4) is 5.75 Å². The van der Waals surface area contributed by atoms with Crippen LogP contribution >= 0.6 is 12.9 Å². The Morgan fingerprint density at radius 1 is 1.07 bits per heavy atom. The first kappa shape index (κ1) is 19.3. The average molecular weight is 407 g/mol. The Morgan fingerprint density at radius 3 is 2.83 bits per heavy atom. The van der Waals surface area contributed by atoms with E-state index in [1.165, 1.54) is 16.3 Å². The zero-order valence-electron chi connectivity index (χ0n) is 15.9. The molecule has 29 heavy (non-hydrogen) atoms. The number of hydrogen-bond donors (Lipinski definition) is 2. The van der Waals surface area contributed by atoms with Gasteiger partial charge in [0.1, 0.15) is 12.4 Å². The van der Waals surface area contributed by atoms with Crippen molar-refractivity contribution in [2.45, 2.75) is 25.7 Å². The van der Waals surface area contributed by atoms with Gasteiger partial charge in [-0.15, -0.1) is 0 Å². The van der Waals surface area contributed by atoms with Gasteiger partial charge < -0.3 is 14.3 Å². The van der Waals surface area contributed by atoms with Crippen LogP contribution < -0.4 is 10.1 Å². The molecule has 0 bridgehead atoms. The maximum atomic E-state index is 11.5. The Balaban J connectivity index is 1.41. The Bertz CT molecular complexity index is 1060. The monoisotopic (exact) mass is 406 g/mol. The Morgan fingerprint density at radius 2 is 1.93 bits per heavy atom. The molecular weight excluding hydrogens is 384 g/mol. The summed E-state index contributed by atoms with van der Waals surface area (Å²) in [5.74, 6) is 0.803. The SMILES string of the molecule is O=C1CCc2cc(OCC(CCc3cccc4ccccc34)=NOS)ccc2N1. The minimum absolute atomic E-state index is 0.0555. The molecule has 0 radical (unpaired) electrons. The number of oxime groups is 1. The zero-order valence-corrected chi connectivity index (χ0v) is 16.8. The predicted octanol–water partition coefficient (Wildman–Crippen LogP) is 4.95. The van der Waals surface area contributed by atoms with E-state index in [2.05, 4.69) is 59.8 Å². The topological polar surface area (TPSA) is 59.9 Å². The summed E-state index contributed by atoms with van der Waals surface area (Å²) in [5, 5.41) is 9.38. The number of hydrogen-bond acceptors (Lipinski definition) is 5. The Labute approximate surface area is 175 Å². The first-order valence-electron chi connectivity index (χ1n) is 9.61. The van der Waals surface area contributed by atoms with Crippen LogP contribution in [0.2, 0.25) is 0 Å². The van der Waals surface area contributed by atoms with E-state index in [4.69, 9.17) is 9.02 Å². The lowest BCUT2D eigenvalue weighted by Gasteiger charge is -2.18. The number of thiol groups is 1. The molecule has 0 fully saturated rings. The van der Waals surface area contributed by atoms with Gasteiger partial charge in [-0.2, -0.15) is 0 Å². The number of amides is 1. The third kappa shape index (κ3) is 4.71. The summed E-state index contributed by atoms with van der Waals surface area (Å²) in [6, 6.07) is 20.4. The first-order valence-corrected chi connectivity index (χ1v) is 9.98. The fourth-order valence-electron chi connectivity index (χ4n) is 3.61. The minimum atomic E-state index is 0.0555.